The van der Waals surface area contributed by atoms with Crippen LogP contribution in [-0.4, -0.2) is 29.3 Å². The summed E-state index contributed by atoms with van der Waals surface area (Å²) in [5.74, 6) is -0.0434. The predicted octanol–water partition coefficient (Wildman–Crippen LogP) is 3.96. The van der Waals surface area contributed by atoms with Crippen molar-refractivity contribution in [2.75, 3.05) is 7.05 Å². The Morgan fingerprint density at radius 1 is 1.28 bits per heavy atom. The summed E-state index contributed by atoms with van der Waals surface area (Å²) in [5, 5.41) is 0.548. The van der Waals surface area contributed by atoms with Crippen molar-refractivity contribution in [1.29, 1.82) is 0 Å². The van der Waals surface area contributed by atoms with Gasteiger partial charge in [-0.2, -0.15) is 0 Å². The molecule has 98 valence electrons. The molecular formula is C14H17Cl2NO. The average molecular weight is 286 g/mol. The summed E-state index contributed by atoms with van der Waals surface area (Å²) in [5.41, 5.74) is 0.552. The number of benzene rings is 1. The predicted molar refractivity (Wildman–Crippen MR) is 75.4 cm³/mol. The van der Waals surface area contributed by atoms with Crippen molar-refractivity contribution < 1.29 is 4.79 Å². The second kappa shape index (κ2) is 5.94. The van der Waals surface area contributed by atoms with Crippen LogP contribution >= 0.6 is 23.2 Å². The summed E-state index contributed by atoms with van der Waals surface area (Å²) in [7, 11) is 1.82. The second-order valence-electron chi connectivity index (χ2n) is 4.76. The Balaban J connectivity index is 2.16. The lowest BCUT2D eigenvalue weighted by molar-refractivity contribution is 0.0700. The molecule has 2 atom stereocenters. The molecule has 2 nitrogen and oxygen atoms in total. The Hall–Kier alpha value is -0.730. The van der Waals surface area contributed by atoms with Crippen LogP contribution in [0.3, 0.4) is 0 Å². The Morgan fingerprint density at radius 2 is 1.94 bits per heavy atom. The van der Waals surface area contributed by atoms with Crippen LogP contribution in [0.5, 0.6) is 0 Å². The zero-order valence-corrected chi connectivity index (χ0v) is 11.9. The second-order valence-corrected chi connectivity index (χ2v) is 5.73. The van der Waals surface area contributed by atoms with Crippen molar-refractivity contribution in [3.63, 3.8) is 0 Å². The fourth-order valence-corrected chi connectivity index (χ4v) is 3.14. The number of nitrogens with zero attached hydrogens (tertiary/aromatic N) is 1. The van der Waals surface area contributed by atoms with Crippen molar-refractivity contribution in [3.05, 3.63) is 34.9 Å². The largest absolute Gasteiger partial charge is 0.337 e. The standard InChI is InChI=1S/C14H17Cl2NO/c1-17(13-9-5-4-8-12(13)16)14(18)10-6-2-3-7-11(10)15/h2-3,6-7,12-13H,4-5,8-9H2,1H3. The molecule has 1 amide bonds. The first-order chi connectivity index (χ1) is 8.61. The molecule has 2 unspecified atom stereocenters. The van der Waals surface area contributed by atoms with Crippen LogP contribution in [0.2, 0.25) is 5.02 Å². The lowest BCUT2D eigenvalue weighted by atomic mass is 9.93. The zero-order chi connectivity index (χ0) is 13.1. The van der Waals surface area contributed by atoms with Crippen LogP contribution < -0.4 is 0 Å². The Bertz CT molecular complexity index is 436. The van der Waals surface area contributed by atoms with E-state index in [1.807, 2.05) is 19.2 Å². The molecule has 0 aromatic heterocycles. The van der Waals surface area contributed by atoms with Crippen molar-refractivity contribution in [1.82, 2.24) is 4.90 Å². The third-order valence-electron chi connectivity index (χ3n) is 3.57. The summed E-state index contributed by atoms with van der Waals surface area (Å²) in [6, 6.07) is 7.26. The number of hydrogen-bond donors (Lipinski definition) is 0. The fraction of sp³-hybridized carbons (Fsp3) is 0.500. The first-order valence-electron chi connectivity index (χ1n) is 6.27. The van der Waals surface area contributed by atoms with Crippen LogP contribution in [0, 0.1) is 0 Å². The van der Waals surface area contributed by atoms with Crippen molar-refractivity contribution in [3.8, 4) is 0 Å². The van der Waals surface area contributed by atoms with E-state index in [-0.39, 0.29) is 17.3 Å². The van der Waals surface area contributed by atoms with E-state index in [1.165, 1.54) is 0 Å². The van der Waals surface area contributed by atoms with Gasteiger partial charge in [-0.3, -0.25) is 4.79 Å². The number of halogens is 2. The number of carbonyl (C=O) groups excluding carboxylic acids is 1. The van der Waals surface area contributed by atoms with E-state index in [1.54, 1.807) is 17.0 Å². The Labute approximate surface area is 118 Å². The summed E-state index contributed by atoms with van der Waals surface area (Å²) >= 11 is 12.4. The molecule has 4 heteroatoms. The van der Waals surface area contributed by atoms with Gasteiger partial charge in [0.2, 0.25) is 0 Å². The topological polar surface area (TPSA) is 20.3 Å². The van der Waals surface area contributed by atoms with Gasteiger partial charge in [-0.15, -0.1) is 11.6 Å². The molecule has 0 spiro atoms. The van der Waals surface area contributed by atoms with Crippen LogP contribution in [-0.2, 0) is 0 Å². The first kappa shape index (κ1) is 13.7. The summed E-state index contributed by atoms with van der Waals surface area (Å²) in [6.07, 6.45) is 4.24. The molecule has 1 fully saturated rings. The minimum atomic E-state index is -0.0434. The molecule has 0 radical (unpaired) electrons. The van der Waals surface area contributed by atoms with E-state index < -0.39 is 0 Å². The van der Waals surface area contributed by atoms with Gasteiger partial charge in [-0.1, -0.05) is 36.6 Å². The van der Waals surface area contributed by atoms with E-state index >= 15 is 0 Å². The number of hydrogen-bond acceptors (Lipinski definition) is 1. The molecule has 1 aromatic carbocycles. The van der Waals surface area contributed by atoms with Gasteiger partial charge in [0.05, 0.1) is 16.0 Å². The quantitative estimate of drug-likeness (QED) is 0.753. The summed E-state index contributed by atoms with van der Waals surface area (Å²) < 4.78 is 0. The van der Waals surface area contributed by atoms with E-state index in [4.69, 9.17) is 23.2 Å². The van der Waals surface area contributed by atoms with Crippen LogP contribution in [0.15, 0.2) is 24.3 Å². The van der Waals surface area contributed by atoms with Crippen LogP contribution in [0.4, 0.5) is 0 Å². The molecule has 1 aliphatic rings. The van der Waals surface area contributed by atoms with Gasteiger partial charge >= 0.3 is 0 Å². The third-order valence-corrected chi connectivity index (χ3v) is 4.41. The van der Waals surface area contributed by atoms with Crippen molar-refractivity contribution in [2.45, 2.75) is 37.1 Å². The van der Waals surface area contributed by atoms with Gasteiger partial charge in [-0.25, -0.2) is 0 Å². The average Bonchev–Trinajstić information content (AvgIpc) is 2.38. The van der Waals surface area contributed by atoms with Crippen molar-refractivity contribution in [2.24, 2.45) is 0 Å². The molecule has 18 heavy (non-hydrogen) atoms. The molecular weight excluding hydrogens is 269 g/mol. The maximum absolute atomic E-state index is 12.4. The highest BCUT2D eigenvalue weighted by Crippen LogP contribution is 2.28. The SMILES string of the molecule is CN(C(=O)c1ccccc1Cl)C1CCCCC1Cl. The number of carbonyl (C=O) groups is 1. The van der Waals surface area contributed by atoms with Crippen molar-refractivity contribution >= 4 is 29.1 Å². The van der Waals surface area contributed by atoms with E-state index in [9.17, 15) is 4.79 Å². The van der Waals surface area contributed by atoms with Gasteiger partial charge < -0.3 is 4.90 Å². The highest BCUT2D eigenvalue weighted by atomic mass is 35.5. The lowest BCUT2D eigenvalue weighted by Gasteiger charge is -2.35. The third kappa shape index (κ3) is 2.81. The Kier molecular flexibility index (Phi) is 4.52. The molecule has 0 bridgehead atoms. The van der Waals surface area contributed by atoms with Crippen LogP contribution in [0.25, 0.3) is 0 Å². The summed E-state index contributed by atoms with van der Waals surface area (Å²) in [6.45, 7) is 0. The molecule has 0 aliphatic heterocycles. The number of rotatable bonds is 2. The summed E-state index contributed by atoms with van der Waals surface area (Å²) in [4.78, 5) is 14.1. The molecule has 2 rings (SSSR count). The minimum Gasteiger partial charge on any atom is -0.337 e. The smallest absolute Gasteiger partial charge is 0.255 e. The lowest BCUT2D eigenvalue weighted by Crippen LogP contribution is -2.44. The maximum atomic E-state index is 12.4. The van der Waals surface area contributed by atoms with Gasteiger partial charge in [0.25, 0.3) is 5.91 Å². The van der Waals surface area contributed by atoms with E-state index in [2.05, 4.69) is 0 Å². The first-order valence-corrected chi connectivity index (χ1v) is 7.08. The molecule has 1 aliphatic carbocycles. The monoisotopic (exact) mass is 285 g/mol. The zero-order valence-electron chi connectivity index (χ0n) is 10.4. The van der Waals surface area contributed by atoms with Gasteiger partial charge in [0.1, 0.15) is 0 Å². The number of amides is 1. The normalized spacial score (nSPS) is 23.7. The van der Waals surface area contributed by atoms with E-state index in [0.29, 0.717) is 10.6 Å². The highest BCUT2D eigenvalue weighted by molar-refractivity contribution is 6.33. The number of alkyl halides is 1. The van der Waals surface area contributed by atoms with E-state index in [0.717, 1.165) is 25.7 Å². The fourth-order valence-electron chi connectivity index (χ4n) is 2.48. The minimum absolute atomic E-state index is 0.0434. The molecule has 1 saturated carbocycles. The molecule has 1 aromatic rings. The van der Waals surface area contributed by atoms with Gasteiger partial charge in [-0.05, 0) is 25.0 Å². The maximum Gasteiger partial charge on any atom is 0.255 e. The Morgan fingerprint density at radius 3 is 2.61 bits per heavy atom. The molecule has 0 heterocycles. The van der Waals surface area contributed by atoms with Crippen LogP contribution in [0.1, 0.15) is 36.0 Å². The highest BCUT2D eigenvalue weighted by Gasteiger charge is 2.30. The van der Waals surface area contributed by atoms with Gasteiger partial charge in [0, 0.05) is 13.1 Å². The van der Waals surface area contributed by atoms with Gasteiger partial charge in [0.15, 0.2) is 0 Å². The molecule has 0 N–H and O–H groups in total. The molecule has 0 saturated heterocycles.